The van der Waals surface area contributed by atoms with E-state index in [4.69, 9.17) is 0 Å². The molecule has 24 heavy (non-hydrogen) atoms. The van der Waals surface area contributed by atoms with Gasteiger partial charge >= 0.3 is 0 Å². The fourth-order valence-corrected chi connectivity index (χ4v) is 4.15. The first kappa shape index (κ1) is 18.6. The molecule has 0 aliphatic carbocycles. The van der Waals surface area contributed by atoms with Crippen LogP contribution in [0.25, 0.3) is 0 Å². The summed E-state index contributed by atoms with van der Waals surface area (Å²) < 4.78 is 26.6. The van der Waals surface area contributed by atoms with Crippen LogP contribution in [-0.4, -0.2) is 26.9 Å². The molecule has 0 saturated heterocycles. The van der Waals surface area contributed by atoms with E-state index in [-0.39, 0.29) is 16.8 Å². The van der Waals surface area contributed by atoms with Gasteiger partial charge < -0.3 is 5.32 Å². The topological polar surface area (TPSA) is 75.3 Å². The van der Waals surface area contributed by atoms with Crippen LogP contribution in [0, 0.1) is 0 Å². The molecule has 0 atom stereocenters. The quantitative estimate of drug-likeness (QED) is 0.753. The van der Waals surface area contributed by atoms with Gasteiger partial charge in [-0.15, -0.1) is 11.3 Å². The van der Waals surface area contributed by atoms with Crippen molar-refractivity contribution in [3.8, 4) is 0 Å². The smallest absolute Gasteiger partial charge is 0.240 e. The lowest BCUT2D eigenvalue weighted by Crippen LogP contribution is -2.30. The second-order valence-corrected chi connectivity index (χ2v) is 8.52. The summed E-state index contributed by atoms with van der Waals surface area (Å²) in [6.07, 6.45) is 1.06. The first-order valence-electron chi connectivity index (χ1n) is 7.77. The third-order valence-electron chi connectivity index (χ3n) is 3.28. The number of benzene rings is 1. The highest BCUT2D eigenvalue weighted by Gasteiger charge is 2.14. The van der Waals surface area contributed by atoms with Crippen molar-refractivity contribution in [1.82, 2.24) is 10.0 Å². The maximum atomic E-state index is 12.0. The molecule has 1 heterocycles. The van der Waals surface area contributed by atoms with Crippen molar-refractivity contribution in [3.63, 3.8) is 0 Å². The van der Waals surface area contributed by atoms with Crippen molar-refractivity contribution in [1.29, 1.82) is 0 Å². The van der Waals surface area contributed by atoms with E-state index in [1.54, 1.807) is 49.4 Å². The first-order valence-corrected chi connectivity index (χ1v) is 10.1. The monoisotopic (exact) mass is 366 g/mol. The van der Waals surface area contributed by atoms with Crippen LogP contribution in [0.5, 0.6) is 0 Å². The number of hydrogen-bond donors (Lipinski definition) is 2. The van der Waals surface area contributed by atoms with Gasteiger partial charge in [0.1, 0.15) is 0 Å². The Morgan fingerprint density at radius 3 is 2.46 bits per heavy atom. The number of nitrogens with one attached hydrogen (secondary N) is 2. The van der Waals surface area contributed by atoms with Gasteiger partial charge in [-0.25, -0.2) is 13.1 Å². The number of hydrogen-bond acceptors (Lipinski definition) is 4. The molecule has 0 radical (unpaired) electrons. The summed E-state index contributed by atoms with van der Waals surface area (Å²) in [5.41, 5.74) is 0.981. The van der Waals surface area contributed by atoms with Crippen molar-refractivity contribution < 1.29 is 13.2 Å². The molecule has 0 bridgehead atoms. The Morgan fingerprint density at radius 1 is 1.17 bits per heavy atom. The van der Waals surface area contributed by atoms with E-state index in [2.05, 4.69) is 10.0 Å². The van der Waals surface area contributed by atoms with Gasteiger partial charge in [0.2, 0.25) is 15.9 Å². The molecule has 0 aliphatic rings. The van der Waals surface area contributed by atoms with E-state index in [0.29, 0.717) is 19.4 Å². The van der Waals surface area contributed by atoms with Crippen LogP contribution in [0.4, 0.5) is 0 Å². The van der Waals surface area contributed by atoms with Crippen molar-refractivity contribution in [2.24, 2.45) is 0 Å². The van der Waals surface area contributed by atoms with Gasteiger partial charge in [0.05, 0.1) is 11.3 Å². The molecule has 1 amide bonds. The zero-order valence-electron chi connectivity index (χ0n) is 13.8. The van der Waals surface area contributed by atoms with Gasteiger partial charge in [0, 0.05) is 17.5 Å². The summed E-state index contributed by atoms with van der Waals surface area (Å²) >= 11 is 1.57. The Bertz CT molecular complexity index is 752. The van der Waals surface area contributed by atoms with Crippen LogP contribution >= 0.6 is 11.3 Å². The third kappa shape index (κ3) is 5.74. The fraction of sp³-hybridized carbons (Fsp3) is 0.353. The second kappa shape index (κ2) is 8.41. The Balaban J connectivity index is 1.82. The van der Waals surface area contributed by atoms with Crippen LogP contribution in [0.1, 0.15) is 24.3 Å². The molecule has 0 saturated carbocycles. The molecule has 130 valence electrons. The molecule has 1 aromatic carbocycles. The summed E-state index contributed by atoms with van der Waals surface area (Å²) in [4.78, 5) is 13.1. The summed E-state index contributed by atoms with van der Waals surface area (Å²) in [6, 6.07) is 10.5. The second-order valence-electron chi connectivity index (χ2n) is 5.78. The van der Waals surface area contributed by atoms with Crippen LogP contribution in [-0.2, 0) is 27.7 Å². The lowest BCUT2D eigenvalue weighted by Gasteiger charge is -2.10. The van der Waals surface area contributed by atoms with Crippen LogP contribution < -0.4 is 10.0 Å². The van der Waals surface area contributed by atoms with Gasteiger partial charge in [-0.2, -0.15) is 0 Å². The van der Waals surface area contributed by atoms with Crippen LogP contribution in [0.2, 0.25) is 0 Å². The standard InChI is InChI=1S/C17H22N2O3S2/c1-13(2)19-24(21,22)16-7-5-14(6-8-16)9-10-18-17(20)12-15-4-3-11-23-15/h3-8,11,13,19H,9-10,12H2,1-2H3,(H,18,20). The van der Waals surface area contributed by atoms with Gasteiger partial charge in [0.15, 0.2) is 0 Å². The Morgan fingerprint density at radius 2 is 1.88 bits per heavy atom. The summed E-state index contributed by atoms with van der Waals surface area (Å²) in [6.45, 7) is 4.09. The first-order chi connectivity index (χ1) is 11.4. The number of carbonyl (C=O) groups excluding carboxylic acids is 1. The largest absolute Gasteiger partial charge is 0.355 e. The van der Waals surface area contributed by atoms with Gasteiger partial charge in [0.25, 0.3) is 0 Å². The van der Waals surface area contributed by atoms with Crippen molar-refractivity contribution in [2.75, 3.05) is 6.54 Å². The highest BCUT2D eigenvalue weighted by atomic mass is 32.2. The number of rotatable bonds is 8. The molecule has 5 nitrogen and oxygen atoms in total. The van der Waals surface area contributed by atoms with Gasteiger partial charge in [-0.3, -0.25) is 4.79 Å². The maximum absolute atomic E-state index is 12.0. The van der Waals surface area contributed by atoms with E-state index in [1.165, 1.54) is 0 Å². The molecule has 0 aliphatic heterocycles. The Kier molecular flexibility index (Phi) is 6.53. The lowest BCUT2D eigenvalue weighted by atomic mass is 10.1. The minimum absolute atomic E-state index is 0.00205. The number of sulfonamides is 1. The van der Waals surface area contributed by atoms with Crippen LogP contribution in [0.15, 0.2) is 46.7 Å². The van der Waals surface area contributed by atoms with Crippen molar-refractivity contribution >= 4 is 27.3 Å². The Labute approximate surface area is 147 Å². The minimum atomic E-state index is -3.46. The van der Waals surface area contributed by atoms with Crippen LogP contribution in [0.3, 0.4) is 0 Å². The van der Waals surface area contributed by atoms with E-state index in [0.717, 1.165) is 10.4 Å². The molecule has 2 aromatic rings. The number of amides is 1. The van der Waals surface area contributed by atoms with Gasteiger partial charge in [-0.1, -0.05) is 18.2 Å². The lowest BCUT2D eigenvalue weighted by molar-refractivity contribution is -0.120. The summed E-state index contributed by atoms with van der Waals surface area (Å²) in [5.74, 6) is -0.00205. The molecule has 2 N–H and O–H groups in total. The normalized spacial score (nSPS) is 11.6. The highest BCUT2D eigenvalue weighted by Crippen LogP contribution is 2.12. The number of thiophene rings is 1. The van der Waals surface area contributed by atoms with Crippen molar-refractivity contribution in [3.05, 3.63) is 52.2 Å². The van der Waals surface area contributed by atoms with E-state index in [9.17, 15) is 13.2 Å². The molecular formula is C17H22N2O3S2. The molecular weight excluding hydrogens is 344 g/mol. The van der Waals surface area contributed by atoms with E-state index in [1.807, 2.05) is 17.5 Å². The molecule has 0 fully saturated rings. The number of carbonyl (C=O) groups is 1. The van der Waals surface area contributed by atoms with Gasteiger partial charge in [-0.05, 0) is 49.4 Å². The molecule has 2 rings (SSSR count). The zero-order valence-corrected chi connectivity index (χ0v) is 15.4. The third-order valence-corrected chi connectivity index (χ3v) is 5.83. The summed E-state index contributed by atoms with van der Waals surface area (Å²) in [7, 11) is -3.46. The fourth-order valence-electron chi connectivity index (χ4n) is 2.19. The van der Waals surface area contributed by atoms with E-state index < -0.39 is 10.0 Å². The van der Waals surface area contributed by atoms with Crippen molar-refractivity contribution in [2.45, 2.75) is 37.6 Å². The molecule has 0 unspecified atom stereocenters. The highest BCUT2D eigenvalue weighted by molar-refractivity contribution is 7.89. The SMILES string of the molecule is CC(C)NS(=O)(=O)c1ccc(CCNC(=O)Cc2cccs2)cc1. The predicted molar refractivity (Wildman–Crippen MR) is 96.6 cm³/mol. The predicted octanol–water partition coefficient (Wildman–Crippen LogP) is 2.34. The van der Waals surface area contributed by atoms with E-state index >= 15 is 0 Å². The maximum Gasteiger partial charge on any atom is 0.240 e. The average Bonchev–Trinajstić information content (AvgIpc) is 2.99. The average molecular weight is 367 g/mol. The molecule has 1 aromatic heterocycles. The molecule has 0 spiro atoms. The molecule has 7 heteroatoms. The zero-order chi connectivity index (χ0) is 17.6. The minimum Gasteiger partial charge on any atom is -0.355 e. The Hall–Kier alpha value is -1.70. The summed E-state index contributed by atoms with van der Waals surface area (Å²) in [5, 5.41) is 4.83.